The molecule has 1 aliphatic rings. The van der Waals surface area contributed by atoms with Gasteiger partial charge in [0.15, 0.2) is 5.60 Å². The van der Waals surface area contributed by atoms with Crippen molar-refractivity contribution in [1.29, 1.82) is 0 Å². The molecule has 0 aromatic carbocycles. The maximum Gasteiger partial charge on any atom is 0.338 e. The first-order valence-electron chi connectivity index (χ1n) is 5.54. The fourth-order valence-corrected chi connectivity index (χ4v) is 1.93. The van der Waals surface area contributed by atoms with Crippen LogP contribution < -0.4 is 0 Å². The Morgan fingerprint density at radius 2 is 2.33 bits per heavy atom. The Kier molecular flexibility index (Phi) is 3.91. The Morgan fingerprint density at radius 3 is 2.87 bits per heavy atom. The van der Waals surface area contributed by atoms with E-state index in [0.29, 0.717) is 12.5 Å². The fraction of sp³-hybridized carbons (Fsp3) is 0.750. The van der Waals surface area contributed by atoms with Crippen LogP contribution in [-0.4, -0.2) is 23.3 Å². The highest BCUT2D eigenvalue weighted by Crippen LogP contribution is 2.31. The molecular weight excluding hydrogens is 192 g/mol. The third kappa shape index (κ3) is 2.81. The van der Waals surface area contributed by atoms with Crippen LogP contribution in [0.1, 0.15) is 33.6 Å². The number of hydrogen-bond donors (Lipinski definition) is 1. The van der Waals surface area contributed by atoms with Gasteiger partial charge in [0.2, 0.25) is 0 Å². The van der Waals surface area contributed by atoms with Gasteiger partial charge in [-0.15, -0.1) is 0 Å². The standard InChI is InChI=1S/C12H20O3/c1-4-15-11(13)12(3,14)10-7-5-6-9(2)8-10/h5,7,9-10,14H,4,6,8H2,1-3H3/t9-,10-,12+/m1/s1. The molecule has 0 radical (unpaired) electrons. The molecular formula is C12H20O3. The van der Waals surface area contributed by atoms with E-state index in [1.54, 1.807) is 6.92 Å². The lowest BCUT2D eigenvalue weighted by molar-refractivity contribution is -0.167. The topological polar surface area (TPSA) is 46.5 Å². The molecule has 0 fully saturated rings. The van der Waals surface area contributed by atoms with Crippen LogP contribution in [0.2, 0.25) is 0 Å². The van der Waals surface area contributed by atoms with E-state index < -0.39 is 11.6 Å². The number of allylic oxidation sites excluding steroid dienone is 1. The van der Waals surface area contributed by atoms with E-state index in [9.17, 15) is 9.90 Å². The number of rotatable bonds is 3. The molecule has 1 rings (SSSR count). The van der Waals surface area contributed by atoms with Crippen molar-refractivity contribution in [1.82, 2.24) is 0 Å². The summed E-state index contributed by atoms with van der Waals surface area (Å²) in [6.45, 7) is 5.71. The number of ether oxygens (including phenoxy) is 1. The number of hydrogen-bond acceptors (Lipinski definition) is 3. The first kappa shape index (κ1) is 12.2. The maximum absolute atomic E-state index is 11.6. The molecule has 3 atom stereocenters. The lowest BCUT2D eigenvalue weighted by Crippen LogP contribution is -2.44. The SMILES string of the molecule is CCOC(=O)[C@@](C)(O)[C@@H]1C=CC[C@@H](C)C1. The number of aliphatic hydroxyl groups is 1. The van der Waals surface area contributed by atoms with Gasteiger partial charge < -0.3 is 9.84 Å². The lowest BCUT2D eigenvalue weighted by atomic mass is 9.78. The van der Waals surface area contributed by atoms with Gasteiger partial charge in [-0.25, -0.2) is 4.79 Å². The second-order valence-electron chi connectivity index (χ2n) is 4.48. The van der Waals surface area contributed by atoms with E-state index in [1.807, 2.05) is 12.2 Å². The van der Waals surface area contributed by atoms with Gasteiger partial charge in [-0.05, 0) is 32.6 Å². The van der Waals surface area contributed by atoms with E-state index in [0.717, 1.165) is 12.8 Å². The number of carbonyl (C=O) groups excluding carboxylic acids is 1. The summed E-state index contributed by atoms with van der Waals surface area (Å²) < 4.78 is 4.87. The van der Waals surface area contributed by atoms with Crippen molar-refractivity contribution >= 4 is 5.97 Å². The average molecular weight is 212 g/mol. The minimum atomic E-state index is -1.39. The minimum Gasteiger partial charge on any atom is -0.464 e. The Bertz CT molecular complexity index is 256. The molecule has 3 heteroatoms. The average Bonchev–Trinajstić information content (AvgIpc) is 2.18. The van der Waals surface area contributed by atoms with Crippen LogP contribution in [0.4, 0.5) is 0 Å². The van der Waals surface area contributed by atoms with Gasteiger partial charge >= 0.3 is 5.97 Å². The van der Waals surface area contributed by atoms with Crippen LogP contribution in [0.15, 0.2) is 12.2 Å². The van der Waals surface area contributed by atoms with Gasteiger partial charge in [-0.3, -0.25) is 0 Å². The molecule has 0 aromatic rings. The molecule has 0 heterocycles. The maximum atomic E-state index is 11.6. The van der Waals surface area contributed by atoms with Crippen LogP contribution in [0, 0.1) is 11.8 Å². The third-order valence-electron chi connectivity index (χ3n) is 2.97. The molecule has 0 saturated carbocycles. The van der Waals surface area contributed by atoms with Gasteiger partial charge in [-0.2, -0.15) is 0 Å². The molecule has 1 aliphatic carbocycles. The summed E-state index contributed by atoms with van der Waals surface area (Å²) in [5.41, 5.74) is -1.39. The van der Waals surface area contributed by atoms with E-state index in [2.05, 4.69) is 6.92 Å². The summed E-state index contributed by atoms with van der Waals surface area (Å²) >= 11 is 0. The monoisotopic (exact) mass is 212 g/mol. The number of carbonyl (C=O) groups is 1. The lowest BCUT2D eigenvalue weighted by Gasteiger charge is -2.32. The first-order valence-corrected chi connectivity index (χ1v) is 5.54. The van der Waals surface area contributed by atoms with E-state index in [-0.39, 0.29) is 5.92 Å². The molecule has 0 aliphatic heterocycles. The summed E-state index contributed by atoms with van der Waals surface area (Å²) in [6, 6.07) is 0. The van der Waals surface area contributed by atoms with Crippen molar-refractivity contribution < 1.29 is 14.6 Å². The van der Waals surface area contributed by atoms with Crippen LogP contribution in [0.25, 0.3) is 0 Å². The highest BCUT2D eigenvalue weighted by molar-refractivity contribution is 5.79. The van der Waals surface area contributed by atoms with Gasteiger partial charge in [-0.1, -0.05) is 19.1 Å². The molecule has 15 heavy (non-hydrogen) atoms. The molecule has 1 N–H and O–H groups in total. The normalized spacial score (nSPS) is 29.6. The van der Waals surface area contributed by atoms with Crippen LogP contribution in [0.5, 0.6) is 0 Å². The predicted molar refractivity (Wildman–Crippen MR) is 58.3 cm³/mol. The summed E-state index contributed by atoms with van der Waals surface area (Å²) in [5, 5.41) is 10.1. The Morgan fingerprint density at radius 1 is 1.67 bits per heavy atom. The van der Waals surface area contributed by atoms with Gasteiger partial charge in [0.25, 0.3) is 0 Å². The Hall–Kier alpha value is -0.830. The first-order chi connectivity index (χ1) is 6.98. The molecule has 3 nitrogen and oxygen atoms in total. The molecule has 0 aromatic heterocycles. The molecule has 0 bridgehead atoms. The van der Waals surface area contributed by atoms with Crippen molar-refractivity contribution in [3.05, 3.63) is 12.2 Å². The molecule has 0 spiro atoms. The van der Waals surface area contributed by atoms with Crippen molar-refractivity contribution in [2.75, 3.05) is 6.61 Å². The molecule has 0 unspecified atom stereocenters. The highest BCUT2D eigenvalue weighted by atomic mass is 16.5. The van der Waals surface area contributed by atoms with Crippen LogP contribution in [0.3, 0.4) is 0 Å². The van der Waals surface area contributed by atoms with Crippen molar-refractivity contribution in [3.8, 4) is 0 Å². The van der Waals surface area contributed by atoms with E-state index in [1.165, 1.54) is 6.92 Å². The quantitative estimate of drug-likeness (QED) is 0.574. The second-order valence-corrected chi connectivity index (χ2v) is 4.48. The van der Waals surface area contributed by atoms with Gasteiger partial charge in [0.1, 0.15) is 0 Å². The zero-order valence-electron chi connectivity index (χ0n) is 9.69. The second kappa shape index (κ2) is 4.79. The fourth-order valence-electron chi connectivity index (χ4n) is 1.93. The van der Waals surface area contributed by atoms with Crippen LogP contribution in [-0.2, 0) is 9.53 Å². The van der Waals surface area contributed by atoms with Gasteiger partial charge in [0, 0.05) is 5.92 Å². The van der Waals surface area contributed by atoms with Gasteiger partial charge in [0.05, 0.1) is 6.61 Å². The Labute approximate surface area is 91.1 Å². The minimum absolute atomic E-state index is 0.125. The molecule has 0 saturated heterocycles. The van der Waals surface area contributed by atoms with E-state index >= 15 is 0 Å². The highest BCUT2D eigenvalue weighted by Gasteiger charge is 2.40. The largest absolute Gasteiger partial charge is 0.464 e. The summed E-state index contributed by atoms with van der Waals surface area (Å²) in [6.07, 6.45) is 5.82. The summed E-state index contributed by atoms with van der Waals surface area (Å²) in [7, 11) is 0. The Balaban J connectivity index is 2.71. The van der Waals surface area contributed by atoms with Crippen molar-refractivity contribution in [2.45, 2.75) is 39.2 Å². The van der Waals surface area contributed by atoms with Crippen LogP contribution >= 0.6 is 0 Å². The summed E-state index contributed by atoms with van der Waals surface area (Å²) in [5.74, 6) is -0.130. The zero-order chi connectivity index (χ0) is 11.5. The van der Waals surface area contributed by atoms with Crippen molar-refractivity contribution in [3.63, 3.8) is 0 Å². The van der Waals surface area contributed by atoms with Crippen molar-refractivity contribution in [2.24, 2.45) is 11.8 Å². The molecule has 86 valence electrons. The predicted octanol–water partition coefficient (Wildman–Crippen LogP) is 1.90. The molecule has 0 amide bonds. The van der Waals surface area contributed by atoms with E-state index in [4.69, 9.17) is 4.74 Å². The zero-order valence-corrected chi connectivity index (χ0v) is 9.69. The third-order valence-corrected chi connectivity index (χ3v) is 2.97. The summed E-state index contributed by atoms with van der Waals surface area (Å²) in [4.78, 5) is 11.6. The smallest absolute Gasteiger partial charge is 0.338 e. The number of esters is 1.